The van der Waals surface area contributed by atoms with Gasteiger partial charge in [-0.05, 0) is 34.5 Å². The van der Waals surface area contributed by atoms with Crippen molar-refractivity contribution in [3.63, 3.8) is 0 Å². The molecule has 0 aromatic carbocycles. The van der Waals surface area contributed by atoms with Crippen molar-refractivity contribution in [1.29, 1.82) is 0 Å². The monoisotopic (exact) mass is 268 g/mol. The zero-order valence-corrected chi connectivity index (χ0v) is 10.9. The molecule has 2 heterocycles. The Morgan fingerprint density at radius 2 is 2.47 bits per heavy atom. The van der Waals surface area contributed by atoms with Crippen LogP contribution in [-0.2, 0) is 15.3 Å². The molecule has 1 atom stereocenters. The van der Waals surface area contributed by atoms with Gasteiger partial charge in [0.25, 0.3) is 0 Å². The second-order valence-corrected chi connectivity index (χ2v) is 5.22. The number of carbonyl (C=O) groups excluding carboxylic acids is 1. The second kappa shape index (κ2) is 5.93. The molecule has 0 aliphatic heterocycles. The molecule has 2 aromatic rings. The molecular formula is C12H12O3S2. The zero-order chi connectivity index (χ0) is 12.1. The van der Waals surface area contributed by atoms with Gasteiger partial charge in [-0.2, -0.15) is 11.3 Å². The van der Waals surface area contributed by atoms with Crippen LogP contribution in [0, 0.1) is 0 Å². The van der Waals surface area contributed by atoms with E-state index in [1.54, 1.807) is 17.6 Å². The molecule has 0 amide bonds. The number of furan rings is 1. The van der Waals surface area contributed by atoms with E-state index in [-0.39, 0.29) is 11.2 Å². The topological polar surface area (TPSA) is 39.4 Å². The Morgan fingerprint density at radius 1 is 1.59 bits per heavy atom. The van der Waals surface area contributed by atoms with Crippen molar-refractivity contribution in [2.45, 2.75) is 11.0 Å². The number of esters is 1. The smallest absolute Gasteiger partial charge is 0.323 e. The van der Waals surface area contributed by atoms with E-state index in [2.05, 4.69) is 0 Å². The molecule has 0 saturated heterocycles. The maximum atomic E-state index is 11.7. The molecule has 0 saturated carbocycles. The Balaban J connectivity index is 2.04. The van der Waals surface area contributed by atoms with Crippen LogP contribution >= 0.6 is 23.1 Å². The van der Waals surface area contributed by atoms with Crippen molar-refractivity contribution in [3.8, 4) is 0 Å². The number of rotatable bonds is 5. The summed E-state index contributed by atoms with van der Waals surface area (Å²) in [6.07, 6.45) is 1.63. The molecule has 2 rings (SSSR count). The third-order valence-corrected chi connectivity index (χ3v) is 4.18. The Hall–Kier alpha value is -1.20. The highest BCUT2D eigenvalue weighted by Crippen LogP contribution is 2.33. The summed E-state index contributed by atoms with van der Waals surface area (Å²) in [5, 5.41) is 3.64. The van der Waals surface area contributed by atoms with Gasteiger partial charge in [0.15, 0.2) is 0 Å². The SMILES string of the molecule is COC(=O)C(SCc1ccco1)c1ccsc1. The second-order valence-electron chi connectivity index (χ2n) is 3.35. The maximum Gasteiger partial charge on any atom is 0.323 e. The number of hydrogen-bond donors (Lipinski definition) is 0. The molecule has 17 heavy (non-hydrogen) atoms. The first kappa shape index (κ1) is 12.3. The fourth-order valence-corrected chi connectivity index (χ4v) is 3.23. The van der Waals surface area contributed by atoms with E-state index in [9.17, 15) is 4.79 Å². The molecule has 0 aliphatic rings. The first-order valence-electron chi connectivity index (χ1n) is 5.05. The van der Waals surface area contributed by atoms with E-state index in [1.807, 2.05) is 29.0 Å². The summed E-state index contributed by atoms with van der Waals surface area (Å²) < 4.78 is 10.1. The Morgan fingerprint density at radius 3 is 3.06 bits per heavy atom. The van der Waals surface area contributed by atoms with Crippen LogP contribution in [0.3, 0.4) is 0 Å². The molecule has 90 valence electrons. The molecular weight excluding hydrogens is 256 g/mol. The van der Waals surface area contributed by atoms with Gasteiger partial charge in [0.05, 0.1) is 19.1 Å². The van der Waals surface area contributed by atoms with Crippen LogP contribution in [0.25, 0.3) is 0 Å². The van der Waals surface area contributed by atoms with Crippen LogP contribution in [-0.4, -0.2) is 13.1 Å². The van der Waals surface area contributed by atoms with Crippen LogP contribution < -0.4 is 0 Å². The minimum atomic E-state index is -0.281. The normalized spacial score (nSPS) is 12.3. The number of carbonyl (C=O) groups is 1. The summed E-state index contributed by atoms with van der Waals surface area (Å²) in [6, 6.07) is 5.68. The lowest BCUT2D eigenvalue weighted by atomic mass is 10.2. The minimum Gasteiger partial charge on any atom is -0.468 e. The van der Waals surface area contributed by atoms with Gasteiger partial charge in [-0.15, -0.1) is 11.8 Å². The van der Waals surface area contributed by atoms with Crippen molar-refractivity contribution in [2.75, 3.05) is 7.11 Å². The number of thiophene rings is 1. The molecule has 5 heteroatoms. The van der Waals surface area contributed by atoms with Gasteiger partial charge in [0.1, 0.15) is 11.0 Å². The van der Waals surface area contributed by atoms with Crippen molar-refractivity contribution >= 4 is 29.1 Å². The average molecular weight is 268 g/mol. The molecule has 1 unspecified atom stereocenters. The van der Waals surface area contributed by atoms with Gasteiger partial charge in [-0.1, -0.05) is 0 Å². The van der Waals surface area contributed by atoms with Crippen molar-refractivity contribution in [2.24, 2.45) is 0 Å². The van der Waals surface area contributed by atoms with Crippen LogP contribution in [0.15, 0.2) is 39.6 Å². The molecule has 0 N–H and O–H groups in total. The lowest BCUT2D eigenvalue weighted by molar-refractivity contribution is -0.140. The first-order valence-corrected chi connectivity index (χ1v) is 7.04. The van der Waals surface area contributed by atoms with Gasteiger partial charge in [-0.3, -0.25) is 4.79 Å². The third-order valence-electron chi connectivity index (χ3n) is 2.23. The van der Waals surface area contributed by atoms with E-state index in [1.165, 1.54) is 18.9 Å². The summed E-state index contributed by atoms with van der Waals surface area (Å²) in [5.41, 5.74) is 0.985. The highest BCUT2D eigenvalue weighted by molar-refractivity contribution is 7.99. The molecule has 0 aliphatic carbocycles. The Kier molecular flexibility index (Phi) is 4.28. The summed E-state index contributed by atoms with van der Waals surface area (Å²) >= 11 is 3.08. The van der Waals surface area contributed by atoms with Crippen LogP contribution in [0.2, 0.25) is 0 Å². The summed E-state index contributed by atoms with van der Waals surface area (Å²) in [5.74, 6) is 1.29. The van der Waals surface area contributed by atoms with Gasteiger partial charge < -0.3 is 9.15 Å². The average Bonchev–Trinajstić information content (AvgIpc) is 3.01. The molecule has 0 bridgehead atoms. The maximum absolute atomic E-state index is 11.7. The Bertz CT molecular complexity index is 448. The summed E-state index contributed by atoms with van der Waals surface area (Å²) in [4.78, 5) is 11.7. The van der Waals surface area contributed by atoms with Crippen molar-refractivity contribution in [3.05, 3.63) is 46.5 Å². The predicted molar refractivity (Wildman–Crippen MR) is 69.1 cm³/mol. The number of hydrogen-bond acceptors (Lipinski definition) is 5. The highest BCUT2D eigenvalue weighted by atomic mass is 32.2. The first-order chi connectivity index (χ1) is 8.31. The minimum absolute atomic E-state index is 0.222. The highest BCUT2D eigenvalue weighted by Gasteiger charge is 2.22. The van der Waals surface area contributed by atoms with Gasteiger partial charge in [0, 0.05) is 0 Å². The zero-order valence-electron chi connectivity index (χ0n) is 9.29. The largest absolute Gasteiger partial charge is 0.468 e. The fraction of sp³-hybridized carbons (Fsp3) is 0.250. The molecule has 0 radical (unpaired) electrons. The number of ether oxygens (including phenoxy) is 1. The van der Waals surface area contributed by atoms with E-state index in [0.29, 0.717) is 5.75 Å². The standard InChI is InChI=1S/C12H12O3S2/c1-14-12(13)11(9-4-6-16-7-9)17-8-10-3-2-5-15-10/h2-7,11H,8H2,1H3. The van der Waals surface area contributed by atoms with E-state index in [0.717, 1.165) is 11.3 Å². The number of thioether (sulfide) groups is 1. The van der Waals surface area contributed by atoms with Crippen molar-refractivity contribution in [1.82, 2.24) is 0 Å². The van der Waals surface area contributed by atoms with Gasteiger partial charge in [-0.25, -0.2) is 0 Å². The van der Waals surface area contributed by atoms with E-state index < -0.39 is 0 Å². The molecule has 0 spiro atoms. The van der Waals surface area contributed by atoms with Gasteiger partial charge >= 0.3 is 5.97 Å². The van der Waals surface area contributed by atoms with Crippen molar-refractivity contribution < 1.29 is 13.9 Å². The number of methoxy groups -OCH3 is 1. The van der Waals surface area contributed by atoms with Gasteiger partial charge in [0.2, 0.25) is 0 Å². The van der Waals surface area contributed by atoms with Crippen LogP contribution in [0.1, 0.15) is 16.6 Å². The van der Waals surface area contributed by atoms with E-state index in [4.69, 9.17) is 9.15 Å². The Labute approximate surface area is 108 Å². The fourth-order valence-electron chi connectivity index (χ4n) is 1.39. The van der Waals surface area contributed by atoms with Crippen LogP contribution in [0.5, 0.6) is 0 Å². The molecule has 0 fully saturated rings. The van der Waals surface area contributed by atoms with E-state index >= 15 is 0 Å². The van der Waals surface area contributed by atoms with Crippen LogP contribution in [0.4, 0.5) is 0 Å². The quantitative estimate of drug-likeness (QED) is 0.778. The summed E-state index contributed by atoms with van der Waals surface area (Å²) in [7, 11) is 1.41. The summed E-state index contributed by atoms with van der Waals surface area (Å²) in [6.45, 7) is 0. The third kappa shape index (κ3) is 3.14. The molecule has 2 aromatic heterocycles. The lowest BCUT2D eigenvalue weighted by Crippen LogP contribution is -2.10. The molecule has 3 nitrogen and oxygen atoms in total. The predicted octanol–water partition coefficient (Wildman–Crippen LogP) is 3.49. The lowest BCUT2D eigenvalue weighted by Gasteiger charge is -2.11.